The van der Waals surface area contributed by atoms with Crippen molar-refractivity contribution in [1.82, 2.24) is 9.97 Å². The summed E-state index contributed by atoms with van der Waals surface area (Å²) in [7, 11) is 0. The zero-order chi connectivity index (χ0) is 12.1. The van der Waals surface area contributed by atoms with E-state index < -0.39 is 0 Å². The highest BCUT2D eigenvalue weighted by atomic mass is 32.1. The number of aromatic nitrogens is 2. The summed E-state index contributed by atoms with van der Waals surface area (Å²) >= 11 is 1.72. The predicted octanol–water partition coefficient (Wildman–Crippen LogP) is 2.88. The van der Waals surface area contributed by atoms with E-state index in [2.05, 4.69) is 15.3 Å². The molecule has 3 nitrogen and oxygen atoms in total. The number of thiazole rings is 1. The van der Waals surface area contributed by atoms with E-state index in [9.17, 15) is 0 Å². The minimum Gasteiger partial charge on any atom is -0.328 e. The zero-order valence-corrected chi connectivity index (χ0v) is 10.8. The van der Waals surface area contributed by atoms with Crippen LogP contribution in [0.5, 0.6) is 0 Å². The first kappa shape index (κ1) is 12.2. The molecular weight excluding hydrogens is 230 g/mol. The Morgan fingerprint density at radius 2 is 2.35 bits per heavy atom. The summed E-state index contributed by atoms with van der Waals surface area (Å²) in [6.07, 6.45) is 6.81. The fourth-order valence-electron chi connectivity index (χ4n) is 1.65. The number of hydrogen-bond acceptors (Lipinski definition) is 4. The molecule has 0 radical (unpaired) electrons. The highest BCUT2D eigenvalue weighted by molar-refractivity contribution is 7.09. The van der Waals surface area contributed by atoms with Crippen LogP contribution in [0.4, 0.5) is 0 Å². The van der Waals surface area contributed by atoms with Crippen LogP contribution >= 0.6 is 11.3 Å². The molecule has 2 aromatic heterocycles. The molecule has 0 aromatic carbocycles. The Hall–Kier alpha value is -1.26. The molecule has 1 atom stereocenters. The first-order valence-corrected chi connectivity index (χ1v) is 6.74. The van der Waals surface area contributed by atoms with Crippen LogP contribution < -0.4 is 5.73 Å². The van der Waals surface area contributed by atoms with Crippen molar-refractivity contribution in [2.24, 2.45) is 5.73 Å². The molecular formula is C13H17N3S. The van der Waals surface area contributed by atoms with Gasteiger partial charge in [-0.1, -0.05) is 0 Å². The van der Waals surface area contributed by atoms with Crippen LogP contribution in [0.1, 0.15) is 24.8 Å². The molecule has 0 amide bonds. The molecule has 0 bridgehead atoms. The Balaban J connectivity index is 1.97. The van der Waals surface area contributed by atoms with Gasteiger partial charge < -0.3 is 5.73 Å². The normalized spacial score (nSPS) is 12.6. The molecule has 2 N–H and O–H groups in total. The Labute approximate surface area is 106 Å². The van der Waals surface area contributed by atoms with Crippen molar-refractivity contribution in [3.8, 4) is 11.3 Å². The third-order valence-corrected chi connectivity index (χ3v) is 3.47. The molecule has 1 unspecified atom stereocenters. The second kappa shape index (κ2) is 5.89. The predicted molar refractivity (Wildman–Crippen MR) is 71.9 cm³/mol. The zero-order valence-electron chi connectivity index (χ0n) is 9.97. The number of hydrogen-bond donors (Lipinski definition) is 1. The smallest absolute Gasteiger partial charge is 0.0932 e. The van der Waals surface area contributed by atoms with E-state index in [1.54, 1.807) is 17.5 Å². The summed E-state index contributed by atoms with van der Waals surface area (Å²) in [6, 6.07) is 4.26. The van der Waals surface area contributed by atoms with Gasteiger partial charge in [0.1, 0.15) is 0 Å². The van der Waals surface area contributed by atoms with Gasteiger partial charge in [-0.25, -0.2) is 4.98 Å². The van der Waals surface area contributed by atoms with Gasteiger partial charge in [0, 0.05) is 29.4 Å². The van der Waals surface area contributed by atoms with Gasteiger partial charge in [-0.2, -0.15) is 0 Å². The summed E-state index contributed by atoms with van der Waals surface area (Å²) in [5, 5.41) is 3.28. The van der Waals surface area contributed by atoms with Crippen molar-refractivity contribution >= 4 is 11.3 Å². The van der Waals surface area contributed by atoms with Crippen LogP contribution in [0.2, 0.25) is 0 Å². The van der Waals surface area contributed by atoms with E-state index in [1.165, 1.54) is 5.01 Å². The lowest BCUT2D eigenvalue weighted by molar-refractivity contribution is 0.623. The molecule has 0 aliphatic carbocycles. The van der Waals surface area contributed by atoms with Gasteiger partial charge in [-0.05, 0) is 38.3 Å². The minimum atomic E-state index is 0.285. The van der Waals surface area contributed by atoms with Crippen LogP contribution in [0.15, 0.2) is 29.9 Å². The Kier molecular flexibility index (Phi) is 4.23. The van der Waals surface area contributed by atoms with Crippen molar-refractivity contribution in [1.29, 1.82) is 0 Å². The standard InChI is InChI=1S/C13H17N3S/c1-10(14)4-2-6-13-16-12(9-17-13)11-5-3-7-15-8-11/h3,5,7-10H,2,4,6,14H2,1H3. The fourth-order valence-corrected chi connectivity index (χ4v) is 2.50. The molecule has 2 rings (SSSR count). The lowest BCUT2D eigenvalue weighted by atomic mass is 10.1. The van der Waals surface area contributed by atoms with E-state index in [1.807, 2.05) is 25.3 Å². The van der Waals surface area contributed by atoms with Crippen LogP contribution in [0, 0.1) is 0 Å². The van der Waals surface area contributed by atoms with Gasteiger partial charge in [0.05, 0.1) is 10.7 Å². The van der Waals surface area contributed by atoms with Gasteiger partial charge >= 0.3 is 0 Å². The van der Waals surface area contributed by atoms with Crippen LogP contribution in [-0.2, 0) is 6.42 Å². The highest BCUT2D eigenvalue weighted by Gasteiger charge is 2.04. The van der Waals surface area contributed by atoms with Gasteiger partial charge in [-0.3, -0.25) is 4.98 Å². The molecule has 2 aromatic rings. The fraction of sp³-hybridized carbons (Fsp3) is 0.385. The number of nitrogens with zero attached hydrogens (tertiary/aromatic N) is 2. The van der Waals surface area contributed by atoms with Crippen molar-refractivity contribution in [2.45, 2.75) is 32.2 Å². The van der Waals surface area contributed by atoms with Gasteiger partial charge in [0.15, 0.2) is 0 Å². The van der Waals surface area contributed by atoms with Crippen molar-refractivity contribution in [3.05, 3.63) is 34.9 Å². The molecule has 0 fully saturated rings. The molecule has 90 valence electrons. The Bertz CT molecular complexity index is 451. The third kappa shape index (κ3) is 3.61. The second-order valence-corrected chi connectivity index (χ2v) is 5.18. The number of pyridine rings is 1. The summed E-state index contributed by atoms with van der Waals surface area (Å²) in [6.45, 7) is 2.04. The maximum Gasteiger partial charge on any atom is 0.0932 e. The van der Waals surface area contributed by atoms with Crippen LogP contribution in [0.25, 0.3) is 11.3 Å². The van der Waals surface area contributed by atoms with Crippen molar-refractivity contribution in [2.75, 3.05) is 0 Å². The van der Waals surface area contributed by atoms with Crippen molar-refractivity contribution in [3.63, 3.8) is 0 Å². The van der Waals surface area contributed by atoms with E-state index in [0.717, 1.165) is 30.5 Å². The average Bonchev–Trinajstić information content (AvgIpc) is 2.78. The first-order valence-electron chi connectivity index (χ1n) is 5.86. The van der Waals surface area contributed by atoms with E-state index >= 15 is 0 Å². The molecule has 0 saturated carbocycles. The molecule has 17 heavy (non-hydrogen) atoms. The van der Waals surface area contributed by atoms with Gasteiger partial charge in [0.25, 0.3) is 0 Å². The summed E-state index contributed by atoms with van der Waals surface area (Å²) in [5.74, 6) is 0. The Morgan fingerprint density at radius 1 is 1.47 bits per heavy atom. The molecule has 0 saturated heterocycles. The van der Waals surface area contributed by atoms with Crippen LogP contribution in [-0.4, -0.2) is 16.0 Å². The van der Waals surface area contributed by atoms with E-state index in [0.29, 0.717) is 0 Å². The third-order valence-electron chi connectivity index (χ3n) is 2.56. The van der Waals surface area contributed by atoms with E-state index in [-0.39, 0.29) is 6.04 Å². The molecule has 2 heterocycles. The quantitative estimate of drug-likeness (QED) is 0.884. The SMILES string of the molecule is CC(N)CCCc1nc(-c2cccnc2)cs1. The lowest BCUT2D eigenvalue weighted by Crippen LogP contribution is -2.14. The summed E-state index contributed by atoms with van der Waals surface area (Å²) in [4.78, 5) is 8.72. The molecule has 0 spiro atoms. The van der Waals surface area contributed by atoms with Crippen LogP contribution in [0.3, 0.4) is 0 Å². The van der Waals surface area contributed by atoms with E-state index in [4.69, 9.17) is 5.73 Å². The average molecular weight is 247 g/mol. The Morgan fingerprint density at radius 3 is 3.06 bits per heavy atom. The molecule has 0 aliphatic rings. The first-order chi connectivity index (χ1) is 8.25. The largest absolute Gasteiger partial charge is 0.328 e. The second-order valence-electron chi connectivity index (χ2n) is 4.24. The van der Waals surface area contributed by atoms with Gasteiger partial charge in [0.2, 0.25) is 0 Å². The maximum atomic E-state index is 5.73. The molecule has 0 aliphatic heterocycles. The lowest BCUT2D eigenvalue weighted by Gasteiger charge is -2.01. The maximum absolute atomic E-state index is 5.73. The molecule has 4 heteroatoms. The van der Waals surface area contributed by atoms with Gasteiger partial charge in [-0.15, -0.1) is 11.3 Å². The number of nitrogens with two attached hydrogens (primary N) is 1. The monoisotopic (exact) mass is 247 g/mol. The topological polar surface area (TPSA) is 51.8 Å². The highest BCUT2D eigenvalue weighted by Crippen LogP contribution is 2.21. The minimum absolute atomic E-state index is 0.285. The summed E-state index contributed by atoms with van der Waals surface area (Å²) < 4.78 is 0. The van der Waals surface area contributed by atoms with Crippen molar-refractivity contribution < 1.29 is 0 Å². The summed E-state index contributed by atoms with van der Waals surface area (Å²) in [5.41, 5.74) is 7.84. The number of rotatable bonds is 5. The number of aryl methyl sites for hydroxylation is 1.